The van der Waals surface area contributed by atoms with Crippen LogP contribution in [0.15, 0.2) is 55.0 Å². The van der Waals surface area contributed by atoms with E-state index in [0.29, 0.717) is 0 Å². The first-order valence-corrected chi connectivity index (χ1v) is 8.41. The van der Waals surface area contributed by atoms with Crippen LogP contribution >= 0.6 is 0 Å². The lowest BCUT2D eigenvalue weighted by atomic mass is 10.0. The first-order valence-electron chi connectivity index (χ1n) is 8.41. The molecule has 0 saturated heterocycles. The van der Waals surface area contributed by atoms with Gasteiger partial charge in [-0.15, -0.1) is 0 Å². The minimum atomic E-state index is -1.12. The summed E-state index contributed by atoms with van der Waals surface area (Å²) >= 11 is 0. The molecule has 0 saturated carbocycles. The van der Waals surface area contributed by atoms with E-state index in [-0.39, 0.29) is 57.9 Å². The predicted molar refractivity (Wildman–Crippen MR) is 105 cm³/mol. The maximum Gasteiger partial charge on any atom is 0.177 e. The summed E-state index contributed by atoms with van der Waals surface area (Å²) in [6, 6.07) is 8.79. The molecule has 12 heteroatoms. The number of hydrogen-bond acceptors (Lipinski definition) is 12. The highest BCUT2D eigenvalue weighted by Crippen LogP contribution is 2.30. The number of rotatable bonds is 0. The first kappa shape index (κ1) is 20.2. The highest BCUT2D eigenvalue weighted by Gasteiger charge is 2.33. The standard InChI is InChI=1S/C19H8N12/c1-9-17-19(31-15(7-25)14(6-24)29-17)18-16(28-12(4-22)13(5-23)30-18)8-26-10(2-20)11(3-21)27-9/h12,14,28-29H,1,8H2/b26-10-,27-11-. The van der Waals surface area contributed by atoms with Crippen molar-refractivity contribution in [3.63, 3.8) is 0 Å². The van der Waals surface area contributed by atoms with Crippen molar-refractivity contribution in [2.24, 2.45) is 20.0 Å². The molecule has 2 unspecified atom stereocenters. The van der Waals surface area contributed by atoms with Gasteiger partial charge in [-0.05, 0) is 0 Å². The fourth-order valence-corrected chi connectivity index (χ4v) is 2.80. The van der Waals surface area contributed by atoms with Crippen molar-refractivity contribution < 1.29 is 0 Å². The van der Waals surface area contributed by atoms with Crippen molar-refractivity contribution in [1.82, 2.24) is 10.6 Å². The van der Waals surface area contributed by atoms with Crippen LogP contribution in [0.5, 0.6) is 0 Å². The SMILES string of the molecule is C=C1/N=C(C#N)\C(C#N)=N/CC2=C(N=C(C#N)C(C#N)N2)C2=C1NC(C#N)C(C#N)=N2. The van der Waals surface area contributed by atoms with Gasteiger partial charge in [0, 0.05) is 0 Å². The molecule has 2 atom stereocenters. The number of nitriles is 6. The van der Waals surface area contributed by atoms with Crippen molar-refractivity contribution in [2.45, 2.75) is 12.1 Å². The van der Waals surface area contributed by atoms with E-state index < -0.39 is 12.1 Å². The van der Waals surface area contributed by atoms with E-state index in [0.717, 1.165) is 0 Å². The van der Waals surface area contributed by atoms with Gasteiger partial charge in [0.25, 0.3) is 0 Å². The Labute approximate surface area is 175 Å². The van der Waals surface area contributed by atoms with Crippen molar-refractivity contribution in [1.29, 1.82) is 31.6 Å². The van der Waals surface area contributed by atoms with Crippen molar-refractivity contribution >= 4 is 22.8 Å². The highest BCUT2D eigenvalue weighted by molar-refractivity contribution is 6.53. The number of fused-ring (bicyclic) bond motifs is 1. The smallest absolute Gasteiger partial charge is 0.177 e. The summed E-state index contributed by atoms with van der Waals surface area (Å²) in [6.07, 6.45) is 0. The Hall–Kier alpha value is -5.56. The molecule has 0 aromatic carbocycles. The predicted octanol–water partition coefficient (Wildman–Crippen LogP) is -0.214. The molecule has 3 aliphatic rings. The van der Waals surface area contributed by atoms with E-state index in [1.165, 1.54) is 0 Å². The molecular formula is C19H8N12. The molecule has 3 rings (SSSR count). The normalized spacial score (nSPS) is 25.7. The fourth-order valence-electron chi connectivity index (χ4n) is 2.80. The Morgan fingerprint density at radius 2 is 1.32 bits per heavy atom. The molecule has 3 aliphatic heterocycles. The lowest BCUT2D eigenvalue weighted by molar-refractivity contribution is 0.750. The third-order valence-corrected chi connectivity index (χ3v) is 4.22. The van der Waals surface area contributed by atoms with Gasteiger partial charge < -0.3 is 10.6 Å². The van der Waals surface area contributed by atoms with Gasteiger partial charge in [-0.25, -0.2) is 15.0 Å². The second-order valence-corrected chi connectivity index (χ2v) is 5.98. The van der Waals surface area contributed by atoms with Crippen LogP contribution in [0.1, 0.15) is 0 Å². The zero-order valence-electron chi connectivity index (χ0n) is 15.5. The molecule has 3 heterocycles. The lowest BCUT2D eigenvalue weighted by Gasteiger charge is -2.27. The Morgan fingerprint density at radius 3 is 1.87 bits per heavy atom. The average Bonchev–Trinajstić information content (AvgIpc) is 2.81. The highest BCUT2D eigenvalue weighted by atomic mass is 15.1. The summed E-state index contributed by atoms with van der Waals surface area (Å²) < 4.78 is 0. The summed E-state index contributed by atoms with van der Waals surface area (Å²) in [6.45, 7) is 3.55. The molecular weight excluding hydrogens is 396 g/mol. The molecule has 12 nitrogen and oxygen atoms in total. The van der Waals surface area contributed by atoms with Crippen LogP contribution in [0, 0.1) is 68.0 Å². The summed E-state index contributed by atoms with van der Waals surface area (Å²) in [4.78, 5) is 16.6. The average molecular weight is 404 g/mol. The molecule has 144 valence electrons. The van der Waals surface area contributed by atoms with Crippen LogP contribution in [-0.2, 0) is 0 Å². The summed E-state index contributed by atoms with van der Waals surface area (Å²) in [5.74, 6) is 0. The summed E-state index contributed by atoms with van der Waals surface area (Å²) in [5.41, 5.74) is -0.609. The maximum absolute atomic E-state index is 9.40. The molecule has 31 heavy (non-hydrogen) atoms. The van der Waals surface area contributed by atoms with Crippen LogP contribution in [0.2, 0.25) is 0 Å². The molecule has 0 aromatic rings. The molecule has 0 aromatic heterocycles. The second-order valence-electron chi connectivity index (χ2n) is 5.98. The Bertz CT molecular complexity index is 1340. The monoisotopic (exact) mass is 404 g/mol. The first-order chi connectivity index (χ1) is 15.0. The molecule has 0 fully saturated rings. The zero-order valence-corrected chi connectivity index (χ0v) is 15.5. The minimum absolute atomic E-state index is 0.0244. The Balaban J connectivity index is 2.38. The van der Waals surface area contributed by atoms with Crippen LogP contribution in [0.3, 0.4) is 0 Å². The summed E-state index contributed by atoms with van der Waals surface area (Å²) in [5, 5.41) is 61.9. The van der Waals surface area contributed by atoms with Gasteiger partial charge in [-0.3, -0.25) is 4.99 Å². The van der Waals surface area contributed by atoms with E-state index in [1.54, 1.807) is 12.1 Å². The topological polar surface area (TPSA) is 216 Å². The van der Waals surface area contributed by atoms with E-state index in [4.69, 9.17) is 0 Å². The van der Waals surface area contributed by atoms with Crippen LogP contribution in [0.4, 0.5) is 0 Å². The quantitative estimate of drug-likeness (QED) is 0.548. The van der Waals surface area contributed by atoms with Gasteiger partial charge in [-0.1, -0.05) is 6.58 Å². The van der Waals surface area contributed by atoms with Crippen LogP contribution in [-0.4, -0.2) is 41.5 Å². The molecule has 0 amide bonds. The third kappa shape index (κ3) is 3.48. The van der Waals surface area contributed by atoms with E-state index in [1.807, 2.05) is 24.3 Å². The number of nitrogens with one attached hydrogen (secondary N) is 2. The van der Waals surface area contributed by atoms with E-state index in [2.05, 4.69) is 37.2 Å². The van der Waals surface area contributed by atoms with Crippen molar-refractivity contribution in [3.05, 3.63) is 35.1 Å². The van der Waals surface area contributed by atoms with Gasteiger partial charge in [-0.2, -0.15) is 31.6 Å². The number of nitrogens with zero attached hydrogens (tertiary/aromatic N) is 10. The van der Waals surface area contributed by atoms with Crippen molar-refractivity contribution in [2.75, 3.05) is 6.54 Å². The maximum atomic E-state index is 9.40. The minimum Gasteiger partial charge on any atom is -0.364 e. The van der Waals surface area contributed by atoms with Gasteiger partial charge in [0.05, 0.1) is 35.8 Å². The number of hydrogen-bond donors (Lipinski definition) is 2. The summed E-state index contributed by atoms with van der Waals surface area (Å²) in [7, 11) is 0. The molecule has 0 bridgehead atoms. The van der Waals surface area contributed by atoms with E-state index >= 15 is 0 Å². The largest absolute Gasteiger partial charge is 0.364 e. The molecule has 0 spiro atoms. The molecule has 0 radical (unpaired) electrons. The fraction of sp³-hybridized carbons (Fsp3) is 0.158. The lowest BCUT2D eigenvalue weighted by Crippen LogP contribution is -2.42. The van der Waals surface area contributed by atoms with Crippen molar-refractivity contribution in [3.8, 4) is 36.4 Å². The third-order valence-electron chi connectivity index (χ3n) is 4.22. The van der Waals surface area contributed by atoms with Crippen LogP contribution < -0.4 is 10.6 Å². The van der Waals surface area contributed by atoms with Gasteiger partial charge >= 0.3 is 0 Å². The zero-order chi connectivity index (χ0) is 22.5. The second kappa shape index (κ2) is 8.21. The number of aliphatic imine (C=N–C) groups is 4. The molecule has 2 N–H and O–H groups in total. The van der Waals surface area contributed by atoms with Gasteiger partial charge in [0.15, 0.2) is 34.9 Å². The van der Waals surface area contributed by atoms with Gasteiger partial charge in [0.2, 0.25) is 0 Å². The molecule has 0 aliphatic carbocycles. The van der Waals surface area contributed by atoms with Crippen LogP contribution in [0.25, 0.3) is 0 Å². The van der Waals surface area contributed by atoms with E-state index in [9.17, 15) is 31.6 Å². The Morgan fingerprint density at radius 1 is 0.742 bits per heavy atom. The van der Waals surface area contributed by atoms with Gasteiger partial charge in [0.1, 0.15) is 35.7 Å². The Kier molecular flexibility index (Phi) is 5.35.